The van der Waals surface area contributed by atoms with Gasteiger partial charge >= 0.3 is 0 Å². The molecule has 1 N–H and O–H groups in total. The predicted octanol–water partition coefficient (Wildman–Crippen LogP) is 1.16. The minimum atomic E-state index is 0.820. The molecule has 0 spiro atoms. The van der Waals surface area contributed by atoms with Crippen LogP contribution in [0.25, 0.3) is 0 Å². The molecule has 3 heteroatoms. The van der Waals surface area contributed by atoms with E-state index in [9.17, 15) is 0 Å². The van der Waals surface area contributed by atoms with Gasteiger partial charge in [-0.1, -0.05) is 6.42 Å². The normalized spacial score (nSPS) is 33.5. The second-order valence-electron chi connectivity index (χ2n) is 6.13. The van der Waals surface area contributed by atoms with E-state index in [4.69, 9.17) is 0 Å². The van der Waals surface area contributed by atoms with Gasteiger partial charge in [-0.2, -0.15) is 0 Å². The van der Waals surface area contributed by atoms with Gasteiger partial charge in [0.1, 0.15) is 0 Å². The van der Waals surface area contributed by atoms with Gasteiger partial charge in [0.25, 0.3) is 0 Å². The Morgan fingerprint density at radius 1 is 0.941 bits per heavy atom. The summed E-state index contributed by atoms with van der Waals surface area (Å²) in [5.41, 5.74) is 0. The van der Waals surface area contributed by atoms with Crippen LogP contribution in [0, 0.1) is 5.92 Å². The molecule has 2 aliphatic heterocycles. The molecule has 98 valence electrons. The highest BCUT2D eigenvalue weighted by Crippen LogP contribution is 2.30. The minimum absolute atomic E-state index is 0.820. The molecule has 0 aromatic heterocycles. The van der Waals surface area contributed by atoms with Crippen LogP contribution < -0.4 is 5.32 Å². The Balaban J connectivity index is 1.42. The molecule has 17 heavy (non-hydrogen) atoms. The number of nitrogens with zero attached hydrogens (tertiary/aromatic N) is 2. The maximum atomic E-state index is 3.59. The van der Waals surface area contributed by atoms with Crippen LogP contribution in [-0.4, -0.2) is 61.7 Å². The summed E-state index contributed by atoms with van der Waals surface area (Å²) in [6.07, 6.45) is 7.19. The number of nitrogens with one attached hydrogen (secondary N) is 1. The summed E-state index contributed by atoms with van der Waals surface area (Å²) in [7, 11) is 0. The van der Waals surface area contributed by atoms with Crippen molar-refractivity contribution in [3.63, 3.8) is 0 Å². The van der Waals surface area contributed by atoms with Crippen molar-refractivity contribution in [1.82, 2.24) is 15.1 Å². The molecule has 1 saturated carbocycles. The predicted molar refractivity (Wildman–Crippen MR) is 71.2 cm³/mol. The molecule has 1 aliphatic carbocycles. The molecule has 2 saturated heterocycles. The molecule has 1 atom stereocenters. The summed E-state index contributed by atoms with van der Waals surface area (Å²) >= 11 is 0. The van der Waals surface area contributed by atoms with E-state index in [1.165, 1.54) is 77.9 Å². The zero-order valence-electron chi connectivity index (χ0n) is 11.0. The molecule has 3 rings (SSSR count). The molecule has 1 unspecified atom stereocenters. The van der Waals surface area contributed by atoms with Gasteiger partial charge in [0.15, 0.2) is 0 Å². The molecule has 0 radical (unpaired) electrons. The van der Waals surface area contributed by atoms with Crippen molar-refractivity contribution in [3.8, 4) is 0 Å². The lowest BCUT2D eigenvalue weighted by atomic mass is 10.1. The monoisotopic (exact) mass is 237 g/mol. The van der Waals surface area contributed by atoms with Gasteiger partial charge < -0.3 is 10.2 Å². The van der Waals surface area contributed by atoms with Gasteiger partial charge in [-0.05, 0) is 38.1 Å². The van der Waals surface area contributed by atoms with Gasteiger partial charge in [-0.15, -0.1) is 0 Å². The highest BCUT2D eigenvalue weighted by Gasteiger charge is 2.28. The Morgan fingerprint density at radius 2 is 1.76 bits per heavy atom. The summed E-state index contributed by atoms with van der Waals surface area (Å²) in [5.74, 6) is 1.06. The van der Waals surface area contributed by atoms with E-state index in [0.29, 0.717) is 0 Å². The SMILES string of the molecule is C1CCC(N2CCN(CC3CC3)CC2)CNC1. The van der Waals surface area contributed by atoms with Gasteiger partial charge in [-0.3, -0.25) is 4.90 Å². The molecule has 0 aromatic carbocycles. The Kier molecular flexibility index (Phi) is 3.99. The van der Waals surface area contributed by atoms with Crippen LogP contribution in [0.4, 0.5) is 0 Å². The second kappa shape index (κ2) is 5.68. The topological polar surface area (TPSA) is 18.5 Å². The standard InChI is InChI=1S/C14H27N3/c1-2-6-15-11-14(3-1)17-9-7-16(8-10-17)12-13-4-5-13/h13-15H,1-12H2. The van der Waals surface area contributed by atoms with Crippen LogP contribution in [0.2, 0.25) is 0 Å². The minimum Gasteiger partial charge on any atom is -0.315 e. The van der Waals surface area contributed by atoms with Crippen molar-refractivity contribution in [2.24, 2.45) is 5.92 Å². The summed E-state index contributed by atoms with van der Waals surface area (Å²) in [5, 5.41) is 3.59. The van der Waals surface area contributed by atoms with E-state index in [1.807, 2.05) is 0 Å². The van der Waals surface area contributed by atoms with Crippen molar-refractivity contribution in [3.05, 3.63) is 0 Å². The molecule has 0 bridgehead atoms. The second-order valence-corrected chi connectivity index (χ2v) is 6.13. The van der Waals surface area contributed by atoms with Gasteiger partial charge in [0.05, 0.1) is 0 Å². The Labute approximate surface area is 106 Å². The van der Waals surface area contributed by atoms with Crippen LogP contribution >= 0.6 is 0 Å². The lowest BCUT2D eigenvalue weighted by Gasteiger charge is -2.39. The van der Waals surface area contributed by atoms with Gasteiger partial charge in [-0.25, -0.2) is 0 Å². The first-order chi connectivity index (χ1) is 8.42. The molecule has 0 amide bonds. The first-order valence-corrected chi connectivity index (χ1v) is 7.59. The number of hydrogen-bond acceptors (Lipinski definition) is 3. The summed E-state index contributed by atoms with van der Waals surface area (Å²) in [6.45, 7) is 9.08. The molecule has 0 aromatic rings. The molecular formula is C14H27N3. The Hall–Kier alpha value is -0.120. The maximum absolute atomic E-state index is 3.59. The lowest BCUT2D eigenvalue weighted by molar-refractivity contribution is 0.0907. The molecule has 3 nitrogen and oxygen atoms in total. The van der Waals surface area contributed by atoms with Gasteiger partial charge in [0, 0.05) is 45.3 Å². The summed E-state index contributed by atoms with van der Waals surface area (Å²) in [4.78, 5) is 5.43. The average Bonchev–Trinajstić information content (AvgIpc) is 3.16. The summed E-state index contributed by atoms with van der Waals surface area (Å²) in [6, 6.07) is 0.820. The van der Waals surface area contributed by atoms with Crippen molar-refractivity contribution < 1.29 is 0 Å². The third-order valence-electron chi connectivity index (χ3n) is 4.66. The average molecular weight is 237 g/mol. The van der Waals surface area contributed by atoms with Crippen molar-refractivity contribution in [2.45, 2.75) is 38.1 Å². The van der Waals surface area contributed by atoms with E-state index in [2.05, 4.69) is 15.1 Å². The van der Waals surface area contributed by atoms with Crippen LogP contribution in [0.3, 0.4) is 0 Å². The first-order valence-electron chi connectivity index (χ1n) is 7.59. The number of piperazine rings is 1. The van der Waals surface area contributed by atoms with E-state index in [-0.39, 0.29) is 0 Å². The number of hydrogen-bond donors (Lipinski definition) is 1. The zero-order chi connectivity index (χ0) is 11.5. The fourth-order valence-corrected chi connectivity index (χ4v) is 3.29. The van der Waals surface area contributed by atoms with E-state index in [0.717, 1.165) is 12.0 Å². The Bertz CT molecular complexity index is 224. The first kappa shape index (κ1) is 11.9. The Morgan fingerprint density at radius 3 is 2.53 bits per heavy atom. The zero-order valence-corrected chi connectivity index (χ0v) is 11.0. The third kappa shape index (κ3) is 3.43. The summed E-state index contributed by atoms with van der Waals surface area (Å²) < 4.78 is 0. The van der Waals surface area contributed by atoms with Crippen LogP contribution in [0.5, 0.6) is 0 Å². The van der Waals surface area contributed by atoms with Crippen molar-refractivity contribution >= 4 is 0 Å². The molecular weight excluding hydrogens is 210 g/mol. The third-order valence-corrected chi connectivity index (χ3v) is 4.66. The number of rotatable bonds is 3. The fourth-order valence-electron chi connectivity index (χ4n) is 3.29. The molecule has 3 aliphatic rings. The van der Waals surface area contributed by atoms with Crippen LogP contribution in [-0.2, 0) is 0 Å². The van der Waals surface area contributed by atoms with E-state index >= 15 is 0 Å². The van der Waals surface area contributed by atoms with Crippen LogP contribution in [0.15, 0.2) is 0 Å². The van der Waals surface area contributed by atoms with E-state index in [1.54, 1.807) is 0 Å². The maximum Gasteiger partial charge on any atom is 0.0221 e. The smallest absolute Gasteiger partial charge is 0.0221 e. The largest absolute Gasteiger partial charge is 0.315 e. The fraction of sp³-hybridized carbons (Fsp3) is 1.00. The van der Waals surface area contributed by atoms with E-state index < -0.39 is 0 Å². The molecule has 2 heterocycles. The lowest BCUT2D eigenvalue weighted by Crippen LogP contribution is -2.52. The highest BCUT2D eigenvalue weighted by molar-refractivity contribution is 4.84. The molecule has 3 fully saturated rings. The van der Waals surface area contributed by atoms with Gasteiger partial charge in [0.2, 0.25) is 0 Å². The van der Waals surface area contributed by atoms with Crippen molar-refractivity contribution in [1.29, 1.82) is 0 Å². The van der Waals surface area contributed by atoms with Crippen LogP contribution in [0.1, 0.15) is 32.1 Å². The highest BCUT2D eigenvalue weighted by atomic mass is 15.3. The van der Waals surface area contributed by atoms with Crippen molar-refractivity contribution in [2.75, 3.05) is 45.8 Å². The quantitative estimate of drug-likeness (QED) is 0.794.